The molecule has 0 N–H and O–H groups in total. The van der Waals surface area contributed by atoms with E-state index in [9.17, 15) is 0 Å². The van der Waals surface area contributed by atoms with Crippen LogP contribution in [0.15, 0.2) is 18.6 Å². The second-order valence-corrected chi connectivity index (χ2v) is 7.57. The van der Waals surface area contributed by atoms with Crippen molar-refractivity contribution in [2.45, 2.75) is 32.6 Å². The Morgan fingerprint density at radius 2 is 2.29 bits per heavy atom. The number of nitrogens with zero attached hydrogens (tertiary/aromatic N) is 6. The normalized spacial score (nSPS) is 17.7. The van der Waals surface area contributed by atoms with Gasteiger partial charge in [0, 0.05) is 18.1 Å². The Kier molecular flexibility index (Phi) is 3.00. The van der Waals surface area contributed by atoms with Crippen LogP contribution in [0.5, 0.6) is 0 Å². The van der Waals surface area contributed by atoms with Crippen molar-refractivity contribution >= 4 is 27.2 Å². The standard InChI is InChI=1S/C17H18N6S/c1-3-10-4-5-11-13(8-10)24-17-14(11)16-20-15(21-23(16)9-18-17)12-6-7-19-22(12)2/h6-7,9-10H,3-5,8H2,1-2H3. The predicted octanol–water partition coefficient (Wildman–Crippen LogP) is 3.25. The lowest BCUT2D eigenvalue weighted by Crippen LogP contribution is -2.11. The van der Waals surface area contributed by atoms with Crippen molar-refractivity contribution in [1.82, 2.24) is 29.4 Å². The molecule has 0 fully saturated rings. The zero-order valence-corrected chi connectivity index (χ0v) is 14.5. The molecule has 1 aliphatic rings. The van der Waals surface area contributed by atoms with Crippen molar-refractivity contribution < 1.29 is 0 Å². The van der Waals surface area contributed by atoms with Crippen molar-refractivity contribution in [3.63, 3.8) is 0 Å². The number of hydrogen-bond donors (Lipinski definition) is 0. The SMILES string of the molecule is CCC1CCc2c(sc3ncn4nc(-c5ccnn5C)nc4c23)C1. The van der Waals surface area contributed by atoms with E-state index in [0.29, 0.717) is 5.82 Å². The van der Waals surface area contributed by atoms with Gasteiger partial charge in [-0.1, -0.05) is 13.3 Å². The third-order valence-electron chi connectivity index (χ3n) is 5.12. The molecule has 24 heavy (non-hydrogen) atoms. The molecule has 0 aromatic carbocycles. The van der Waals surface area contributed by atoms with Gasteiger partial charge in [-0.25, -0.2) is 14.5 Å². The summed E-state index contributed by atoms with van der Waals surface area (Å²) in [6.45, 7) is 2.29. The molecular weight excluding hydrogens is 320 g/mol. The van der Waals surface area contributed by atoms with E-state index in [4.69, 9.17) is 4.98 Å². The van der Waals surface area contributed by atoms with Gasteiger partial charge in [-0.05, 0) is 36.8 Å². The van der Waals surface area contributed by atoms with Crippen molar-refractivity contribution in [1.29, 1.82) is 0 Å². The molecule has 4 aromatic heterocycles. The number of aromatic nitrogens is 6. The van der Waals surface area contributed by atoms with E-state index >= 15 is 0 Å². The molecule has 1 atom stereocenters. The minimum atomic E-state index is 0.700. The van der Waals surface area contributed by atoms with Gasteiger partial charge in [0.1, 0.15) is 16.9 Å². The monoisotopic (exact) mass is 338 g/mol. The maximum absolute atomic E-state index is 4.82. The lowest BCUT2D eigenvalue weighted by Gasteiger charge is -2.20. The van der Waals surface area contributed by atoms with Gasteiger partial charge < -0.3 is 0 Å². The van der Waals surface area contributed by atoms with Gasteiger partial charge in [0.25, 0.3) is 0 Å². The molecule has 0 amide bonds. The van der Waals surface area contributed by atoms with Crippen molar-refractivity contribution in [2.75, 3.05) is 0 Å². The summed E-state index contributed by atoms with van der Waals surface area (Å²) in [6, 6.07) is 1.94. The van der Waals surface area contributed by atoms with Crippen LogP contribution in [0.4, 0.5) is 0 Å². The molecule has 0 radical (unpaired) electrons. The molecular formula is C17H18N6S. The van der Waals surface area contributed by atoms with Crippen LogP contribution >= 0.6 is 11.3 Å². The van der Waals surface area contributed by atoms with Crippen molar-refractivity contribution in [3.8, 4) is 11.5 Å². The quantitative estimate of drug-likeness (QED) is 0.563. The Hall–Kier alpha value is -2.28. The first-order valence-corrected chi connectivity index (χ1v) is 9.20. The molecule has 5 rings (SSSR count). The van der Waals surface area contributed by atoms with Gasteiger partial charge in [-0.2, -0.15) is 5.10 Å². The highest BCUT2D eigenvalue weighted by atomic mass is 32.1. The highest BCUT2D eigenvalue weighted by molar-refractivity contribution is 7.19. The summed E-state index contributed by atoms with van der Waals surface area (Å²) < 4.78 is 3.61. The van der Waals surface area contributed by atoms with Gasteiger partial charge in [0.15, 0.2) is 11.5 Å². The van der Waals surface area contributed by atoms with E-state index < -0.39 is 0 Å². The van der Waals surface area contributed by atoms with E-state index in [1.165, 1.54) is 35.1 Å². The molecule has 0 saturated heterocycles. The number of rotatable bonds is 2. The van der Waals surface area contributed by atoms with Crippen LogP contribution in [-0.2, 0) is 19.9 Å². The Balaban J connectivity index is 1.74. The maximum Gasteiger partial charge on any atom is 0.200 e. The van der Waals surface area contributed by atoms with Crippen LogP contribution in [0.1, 0.15) is 30.2 Å². The van der Waals surface area contributed by atoms with E-state index in [1.807, 2.05) is 29.0 Å². The van der Waals surface area contributed by atoms with Crippen LogP contribution in [-0.4, -0.2) is 29.4 Å². The van der Waals surface area contributed by atoms with E-state index in [1.54, 1.807) is 17.2 Å². The maximum atomic E-state index is 4.82. The topological polar surface area (TPSA) is 60.9 Å². The lowest BCUT2D eigenvalue weighted by molar-refractivity contribution is 0.451. The molecule has 1 unspecified atom stereocenters. The molecule has 0 bridgehead atoms. The summed E-state index contributed by atoms with van der Waals surface area (Å²) in [5.74, 6) is 1.51. The van der Waals surface area contributed by atoms with E-state index in [-0.39, 0.29) is 0 Å². The fraction of sp³-hybridized carbons (Fsp3) is 0.412. The zero-order chi connectivity index (χ0) is 16.3. The molecule has 7 heteroatoms. The van der Waals surface area contributed by atoms with Crippen molar-refractivity contribution in [3.05, 3.63) is 29.0 Å². The molecule has 122 valence electrons. The van der Waals surface area contributed by atoms with Gasteiger partial charge in [-0.15, -0.1) is 16.4 Å². The van der Waals surface area contributed by atoms with Gasteiger partial charge >= 0.3 is 0 Å². The van der Waals surface area contributed by atoms with Crippen LogP contribution < -0.4 is 0 Å². The second-order valence-electron chi connectivity index (χ2n) is 6.49. The fourth-order valence-corrected chi connectivity index (χ4v) is 4.99. The van der Waals surface area contributed by atoms with E-state index in [0.717, 1.165) is 28.5 Å². The van der Waals surface area contributed by atoms with E-state index in [2.05, 4.69) is 22.1 Å². The van der Waals surface area contributed by atoms with Crippen LogP contribution in [0.25, 0.3) is 27.4 Å². The van der Waals surface area contributed by atoms with Gasteiger partial charge in [0.05, 0.1) is 5.39 Å². The Bertz CT molecular complexity index is 1060. The molecule has 4 heterocycles. The first-order valence-electron chi connectivity index (χ1n) is 8.38. The first kappa shape index (κ1) is 14.1. The third kappa shape index (κ3) is 1.94. The molecule has 0 spiro atoms. The highest BCUT2D eigenvalue weighted by Gasteiger charge is 2.25. The van der Waals surface area contributed by atoms with Crippen LogP contribution in [0.3, 0.4) is 0 Å². The summed E-state index contributed by atoms with van der Waals surface area (Å²) in [7, 11) is 1.91. The average Bonchev–Trinajstić information content (AvgIpc) is 3.28. The van der Waals surface area contributed by atoms with Crippen molar-refractivity contribution in [2.24, 2.45) is 13.0 Å². The van der Waals surface area contributed by atoms with Crippen LogP contribution in [0, 0.1) is 5.92 Å². The summed E-state index contributed by atoms with van der Waals surface area (Å²) in [6.07, 6.45) is 8.38. The zero-order valence-electron chi connectivity index (χ0n) is 13.7. The smallest absolute Gasteiger partial charge is 0.200 e. The number of thiophene rings is 1. The van der Waals surface area contributed by atoms with Crippen LogP contribution in [0.2, 0.25) is 0 Å². The highest BCUT2D eigenvalue weighted by Crippen LogP contribution is 2.39. The third-order valence-corrected chi connectivity index (χ3v) is 6.28. The largest absolute Gasteiger partial charge is 0.265 e. The summed E-state index contributed by atoms with van der Waals surface area (Å²) >= 11 is 1.83. The second kappa shape index (κ2) is 5.11. The minimum Gasteiger partial charge on any atom is -0.265 e. The summed E-state index contributed by atoms with van der Waals surface area (Å²) in [4.78, 5) is 12.0. The summed E-state index contributed by atoms with van der Waals surface area (Å²) in [5.41, 5.74) is 3.28. The Labute approximate surface area is 143 Å². The summed E-state index contributed by atoms with van der Waals surface area (Å²) in [5, 5.41) is 10.0. The number of hydrogen-bond acceptors (Lipinski definition) is 5. The molecule has 1 aliphatic carbocycles. The number of aryl methyl sites for hydroxylation is 2. The molecule has 0 saturated carbocycles. The predicted molar refractivity (Wildman–Crippen MR) is 94.2 cm³/mol. The first-order chi connectivity index (χ1) is 11.7. The van der Waals surface area contributed by atoms with Gasteiger partial charge in [0.2, 0.25) is 0 Å². The Morgan fingerprint density at radius 1 is 1.38 bits per heavy atom. The molecule has 4 aromatic rings. The van der Waals surface area contributed by atoms with Gasteiger partial charge in [-0.3, -0.25) is 4.68 Å². The lowest BCUT2D eigenvalue weighted by atomic mass is 9.86. The Morgan fingerprint density at radius 3 is 3.08 bits per heavy atom. The minimum absolute atomic E-state index is 0.700. The fourth-order valence-electron chi connectivity index (χ4n) is 3.69. The molecule has 0 aliphatic heterocycles. The average molecular weight is 338 g/mol. The number of fused-ring (bicyclic) bond motifs is 5. The molecule has 6 nitrogen and oxygen atoms in total.